The van der Waals surface area contributed by atoms with E-state index in [1.165, 1.54) is 11.1 Å². The first-order chi connectivity index (χ1) is 9.87. The molecule has 1 rings (SSSR count). The van der Waals surface area contributed by atoms with E-state index in [-0.39, 0.29) is 12.1 Å². The second-order valence-corrected chi connectivity index (χ2v) is 7.02. The fourth-order valence-corrected chi connectivity index (χ4v) is 2.38. The van der Waals surface area contributed by atoms with Crippen molar-refractivity contribution in [1.82, 2.24) is 5.32 Å². The maximum Gasteiger partial charge on any atom is 0.0741 e. The Morgan fingerprint density at radius 2 is 1.71 bits per heavy atom. The molecule has 0 aliphatic carbocycles. The lowest BCUT2D eigenvalue weighted by Crippen LogP contribution is -2.32. The van der Waals surface area contributed by atoms with Crippen molar-refractivity contribution in [2.75, 3.05) is 13.2 Å². The first-order valence-electron chi connectivity index (χ1n) is 8.31. The molecule has 0 aliphatic rings. The Kier molecular flexibility index (Phi) is 7.41. The van der Waals surface area contributed by atoms with Crippen molar-refractivity contribution < 1.29 is 4.74 Å². The Morgan fingerprint density at radius 1 is 1.10 bits per heavy atom. The molecule has 2 nitrogen and oxygen atoms in total. The highest BCUT2D eigenvalue weighted by Gasteiger charge is 2.20. The van der Waals surface area contributed by atoms with E-state index in [4.69, 9.17) is 4.74 Å². The van der Waals surface area contributed by atoms with Gasteiger partial charge in [0.25, 0.3) is 0 Å². The van der Waals surface area contributed by atoms with Gasteiger partial charge in [-0.3, -0.25) is 0 Å². The maximum absolute atomic E-state index is 6.08. The Bertz CT molecular complexity index is 391. The van der Waals surface area contributed by atoms with Gasteiger partial charge < -0.3 is 10.1 Å². The largest absolute Gasteiger partial charge is 0.377 e. The van der Waals surface area contributed by atoms with Gasteiger partial charge in [0.15, 0.2) is 0 Å². The maximum atomic E-state index is 6.08. The fourth-order valence-electron chi connectivity index (χ4n) is 2.38. The molecular formula is C19H33NO. The Labute approximate surface area is 131 Å². The number of ether oxygens (including phenoxy) is 1. The van der Waals surface area contributed by atoms with Crippen LogP contribution in [0.3, 0.4) is 0 Å². The number of likely N-dealkylation sites (N-methyl/N-ethyl adjacent to an activating group) is 1. The highest BCUT2D eigenvalue weighted by Crippen LogP contribution is 2.23. The summed E-state index contributed by atoms with van der Waals surface area (Å²) >= 11 is 0. The molecule has 2 heteroatoms. The third-order valence-corrected chi connectivity index (χ3v) is 3.87. The van der Waals surface area contributed by atoms with Gasteiger partial charge in [0.05, 0.1) is 12.1 Å². The van der Waals surface area contributed by atoms with Gasteiger partial charge in [-0.05, 0) is 42.9 Å². The fraction of sp³-hybridized carbons (Fsp3) is 0.684. The summed E-state index contributed by atoms with van der Waals surface area (Å²) in [6, 6.07) is 9.18. The molecule has 0 heterocycles. The third-order valence-electron chi connectivity index (χ3n) is 3.87. The third kappa shape index (κ3) is 6.62. The smallest absolute Gasteiger partial charge is 0.0741 e. The zero-order valence-electron chi connectivity index (χ0n) is 14.7. The number of hydrogen-bond donors (Lipinski definition) is 1. The van der Waals surface area contributed by atoms with Gasteiger partial charge in [0.2, 0.25) is 0 Å². The number of nitrogens with one attached hydrogen (secondary N) is 1. The summed E-state index contributed by atoms with van der Waals surface area (Å²) in [7, 11) is 0. The Balaban J connectivity index is 2.66. The van der Waals surface area contributed by atoms with Gasteiger partial charge in [0.1, 0.15) is 0 Å². The molecule has 1 aromatic carbocycles. The molecule has 1 N–H and O–H groups in total. The summed E-state index contributed by atoms with van der Waals surface area (Å²) in [5.41, 5.74) is 3.03. The van der Waals surface area contributed by atoms with E-state index >= 15 is 0 Å². The van der Waals surface area contributed by atoms with E-state index < -0.39 is 0 Å². The van der Waals surface area contributed by atoms with Crippen LogP contribution in [0.5, 0.6) is 0 Å². The molecule has 2 unspecified atom stereocenters. The normalized spacial score (nSPS) is 15.0. The summed E-state index contributed by atoms with van der Waals surface area (Å²) in [5.74, 6) is 0. The van der Waals surface area contributed by atoms with Crippen molar-refractivity contribution in [2.24, 2.45) is 5.41 Å². The molecule has 120 valence electrons. The average Bonchev–Trinajstić information content (AvgIpc) is 2.43. The lowest BCUT2D eigenvalue weighted by molar-refractivity contribution is 0.0252. The summed E-state index contributed by atoms with van der Waals surface area (Å²) in [6.07, 6.45) is 2.36. The van der Waals surface area contributed by atoms with E-state index in [1.807, 2.05) is 0 Å². The SMILES string of the molecule is CCNC(c1ccc(CC)cc1)C(C)OCCC(C)(C)C. The van der Waals surface area contributed by atoms with Crippen LogP contribution in [-0.4, -0.2) is 19.3 Å². The minimum atomic E-state index is 0.180. The van der Waals surface area contributed by atoms with Gasteiger partial charge in [-0.1, -0.05) is 58.9 Å². The Hall–Kier alpha value is -0.860. The van der Waals surface area contributed by atoms with Crippen LogP contribution in [0, 0.1) is 5.41 Å². The van der Waals surface area contributed by atoms with Crippen LogP contribution in [0.4, 0.5) is 0 Å². The average molecular weight is 291 g/mol. The highest BCUT2D eigenvalue weighted by molar-refractivity contribution is 5.25. The molecule has 21 heavy (non-hydrogen) atoms. The molecule has 2 atom stereocenters. The van der Waals surface area contributed by atoms with Gasteiger partial charge in [-0.2, -0.15) is 0 Å². The zero-order chi connectivity index (χ0) is 15.9. The molecule has 0 fully saturated rings. The van der Waals surface area contributed by atoms with E-state index in [1.54, 1.807) is 0 Å². The standard InChI is InChI=1S/C19H33NO/c1-7-16-9-11-17(12-10-16)18(20-8-2)15(3)21-14-13-19(4,5)6/h9-12,15,18,20H,7-8,13-14H2,1-6H3. The van der Waals surface area contributed by atoms with Crippen molar-refractivity contribution >= 4 is 0 Å². The van der Waals surface area contributed by atoms with Crippen molar-refractivity contribution in [2.45, 2.75) is 66.5 Å². The monoisotopic (exact) mass is 291 g/mol. The second-order valence-electron chi connectivity index (χ2n) is 7.02. The topological polar surface area (TPSA) is 21.3 Å². The summed E-state index contributed by atoms with van der Waals surface area (Å²) < 4.78 is 6.08. The van der Waals surface area contributed by atoms with Crippen LogP contribution in [0.2, 0.25) is 0 Å². The molecule has 0 aromatic heterocycles. The molecule has 0 radical (unpaired) electrons. The molecule has 0 saturated carbocycles. The lowest BCUT2D eigenvalue weighted by atomic mass is 9.93. The van der Waals surface area contributed by atoms with Crippen LogP contribution in [0.15, 0.2) is 24.3 Å². The van der Waals surface area contributed by atoms with Crippen LogP contribution in [0.1, 0.15) is 65.1 Å². The highest BCUT2D eigenvalue weighted by atomic mass is 16.5. The van der Waals surface area contributed by atoms with Crippen molar-refractivity contribution in [3.05, 3.63) is 35.4 Å². The predicted octanol–water partition coefficient (Wildman–Crippen LogP) is 4.74. The van der Waals surface area contributed by atoms with Crippen LogP contribution < -0.4 is 5.32 Å². The van der Waals surface area contributed by atoms with E-state index in [0.29, 0.717) is 5.41 Å². The number of benzene rings is 1. The number of rotatable bonds is 8. The lowest BCUT2D eigenvalue weighted by Gasteiger charge is -2.27. The van der Waals surface area contributed by atoms with E-state index in [9.17, 15) is 0 Å². The minimum absolute atomic E-state index is 0.180. The molecule has 0 saturated heterocycles. The van der Waals surface area contributed by atoms with Crippen LogP contribution >= 0.6 is 0 Å². The first kappa shape index (κ1) is 18.2. The van der Waals surface area contributed by atoms with Gasteiger partial charge in [-0.25, -0.2) is 0 Å². The van der Waals surface area contributed by atoms with Crippen molar-refractivity contribution in [1.29, 1.82) is 0 Å². The van der Waals surface area contributed by atoms with Crippen LogP contribution in [-0.2, 0) is 11.2 Å². The van der Waals surface area contributed by atoms with Gasteiger partial charge in [-0.15, -0.1) is 0 Å². The van der Waals surface area contributed by atoms with E-state index in [2.05, 4.69) is 71.1 Å². The summed E-state index contributed by atoms with van der Waals surface area (Å²) in [4.78, 5) is 0. The molecule has 0 amide bonds. The Morgan fingerprint density at radius 3 is 2.19 bits per heavy atom. The molecule has 0 bridgehead atoms. The molecule has 0 aliphatic heterocycles. The van der Waals surface area contributed by atoms with E-state index in [0.717, 1.165) is 26.0 Å². The number of aryl methyl sites for hydroxylation is 1. The quantitative estimate of drug-likeness (QED) is 0.747. The molecule has 0 spiro atoms. The predicted molar refractivity (Wildman–Crippen MR) is 91.7 cm³/mol. The minimum Gasteiger partial charge on any atom is -0.377 e. The first-order valence-corrected chi connectivity index (χ1v) is 8.31. The van der Waals surface area contributed by atoms with Gasteiger partial charge >= 0.3 is 0 Å². The second kappa shape index (κ2) is 8.55. The van der Waals surface area contributed by atoms with Gasteiger partial charge in [0, 0.05) is 6.61 Å². The summed E-state index contributed by atoms with van der Waals surface area (Å²) in [6.45, 7) is 15.0. The van der Waals surface area contributed by atoms with Crippen molar-refractivity contribution in [3.63, 3.8) is 0 Å². The number of hydrogen-bond acceptors (Lipinski definition) is 2. The van der Waals surface area contributed by atoms with Crippen molar-refractivity contribution in [3.8, 4) is 0 Å². The zero-order valence-corrected chi connectivity index (χ0v) is 14.7. The van der Waals surface area contributed by atoms with Crippen LogP contribution in [0.25, 0.3) is 0 Å². The molecule has 1 aromatic rings. The molecular weight excluding hydrogens is 258 g/mol. The summed E-state index contributed by atoms with van der Waals surface area (Å²) in [5, 5.41) is 3.56.